The van der Waals surface area contributed by atoms with Gasteiger partial charge in [0.1, 0.15) is 11.6 Å². The lowest BCUT2D eigenvalue weighted by Crippen LogP contribution is -2.42. The van der Waals surface area contributed by atoms with E-state index in [-0.39, 0.29) is 29.0 Å². The van der Waals surface area contributed by atoms with Crippen molar-refractivity contribution in [2.45, 2.75) is 65.2 Å². The molecule has 0 saturated heterocycles. The van der Waals surface area contributed by atoms with Crippen molar-refractivity contribution in [3.05, 3.63) is 28.8 Å². The molecule has 0 heterocycles. The first-order valence-corrected chi connectivity index (χ1v) is 8.90. The van der Waals surface area contributed by atoms with Gasteiger partial charge < -0.3 is 5.11 Å². The van der Waals surface area contributed by atoms with Gasteiger partial charge >= 0.3 is 0 Å². The highest BCUT2D eigenvalue weighted by Crippen LogP contribution is 2.39. The first-order valence-electron chi connectivity index (χ1n) is 8.36. The number of carbonyl (C=O) groups is 2. The second kappa shape index (κ2) is 8.09. The zero-order valence-corrected chi connectivity index (χ0v) is 16.7. The molecule has 5 nitrogen and oxygen atoms in total. The van der Waals surface area contributed by atoms with Gasteiger partial charge in [-0.3, -0.25) is 20.4 Å². The fourth-order valence-corrected chi connectivity index (χ4v) is 2.54. The van der Waals surface area contributed by atoms with E-state index in [0.717, 1.165) is 16.7 Å². The lowest BCUT2D eigenvalue weighted by Gasteiger charge is -2.28. The Bertz CT molecular complexity index is 608. The molecule has 0 fully saturated rings. The Morgan fingerprint density at radius 3 is 1.80 bits per heavy atom. The number of amides is 2. The van der Waals surface area contributed by atoms with E-state index < -0.39 is 5.91 Å². The number of carbonyl (C=O) groups excluding carboxylic acids is 2. The Kier molecular flexibility index (Phi) is 6.89. The van der Waals surface area contributed by atoms with Gasteiger partial charge in [-0.2, -0.15) is 0 Å². The maximum Gasteiger partial charge on any atom is 0.253 e. The van der Waals surface area contributed by atoms with E-state index in [1.807, 2.05) is 53.7 Å². The lowest BCUT2D eigenvalue weighted by molar-refractivity contribution is -0.127. The fraction of sp³-hybridized carbons (Fsp3) is 0.579. The fourth-order valence-electron chi connectivity index (χ4n) is 2.48. The zero-order chi connectivity index (χ0) is 19.4. The van der Waals surface area contributed by atoms with Gasteiger partial charge in [0.2, 0.25) is 5.91 Å². The summed E-state index contributed by atoms with van der Waals surface area (Å²) in [5.41, 5.74) is 6.86. The van der Waals surface area contributed by atoms with Crippen LogP contribution in [0.3, 0.4) is 0 Å². The summed E-state index contributed by atoms with van der Waals surface area (Å²) in [5.74, 6) is -0.629. The van der Waals surface area contributed by atoms with Gasteiger partial charge in [-0.15, -0.1) is 11.6 Å². The van der Waals surface area contributed by atoms with Crippen molar-refractivity contribution in [1.29, 1.82) is 0 Å². The molecule has 3 N–H and O–H groups in total. The van der Waals surface area contributed by atoms with Gasteiger partial charge in [0, 0.05) is 6.42 Å². The van der Waals surface area contributed by atoms with Crippen LogP contribution in [0.5, 0.6) is 5.75 Å². The molecule has 0 aliphatic carbocycles. The van der Waals surface area contributed by atoms with Crippen molar-refractivity contribution in [1.82, 2.24) is 10.9 Å². The van der Waals surface area contributed by atoms with Crippen LogP contribution >= 0.6 is 11.6 Å². The topological polar surface area (TPSA) is 78.4 Å². The Morgan fingerprint density at radius 1 is 0.960 bits per heavy atom. The molecule has 0 radical (unpaired) electrons. The summed E-state index contributed by atoms with van der Waals surface area (Å²) in [6.45, 7) is 12.3. The number of benzene rings is 1. The number of phenols is 1. The second-order valence-electron chi connectivity index (χ2n) is 8.27. The van der Waals surface area contributed by atoms with Crippen molar-refractivity contribution in [3.63, 3.8) is 0 Å². The smallest absolute Gasteiger partial charge is 0.253 e. The highest BCUT2D eigenvalue weighted by atomic mass is 35.5. The number of rotatable bonds is 4. The average molecular weight is 369 g/mol. The van der Waals surface area contributed by atoms with Crippen LogP contribution in [0.1, 0.15) is 64.7 Å². The maximum atomic E-state index is 11.8. The summed E-state index contributed by atoms with van der Waals surface area (Å²) in [6, 6.07) is 3.91. The molecule has 0 saturated carbocycles. The third-order valence-corrected chi connectivity index (χ3v) is 4.13. The van der Waals surface area contributed by atoms with Crippen LogP contribution in [-0.4, -0.2) is 22.8 Å². The molecule has 2 amide bonds. The minimum atomic E-state index is -0.454. The number of halogens is 1. The molecule has 6 heteroatoms. The first-order chi connectivity index (χ1) is 11.4. The van der Waals surface area contributed by atoms with Crippen LogP contribution in [0, 0.1) is 0 Å². The van der Waals surface area contributed by atoms with Crippen molar-refractivity contribution in [2.75, 3.05) is 5.88 Å². The van der Waals surface area contributed by atoms with Crippen LogP contribution in [0.25, 0.3) is 0 Å². The molecule has 0 spiro atoms. The molecule has 1 aromatic carbocycles. The van der Waals surface area contributed by atoms with E-state index in [0.29, 0.717) is 12.2 Å². The number of nitrogens with one attached hydrogen (secondary N) is 2. The molecule has 140 valence electrons. The van der Waals surface area contributed by atoms with Crippen molar-refractivity contribution >= 4 is 23.4 Å². The molecule has 0 aliphatic rings. The molecule has 1 aromatic rings. The largest absolute Gasteiger partial charge is 0.507 e. The molecule has 1 rings (SSSR count). The molecule has 0 aromatic heterocycles. The van der Waals surface area contributed by atoms with Crippen molar-refractivity contribution < 1.29 is 14.7 Å². The van der Waals surface area contributed by atoms with Gasteiger partial charge in [0.15, 0.2) is 0 Å². The summed E-state index contributed by atoms with van der Waals surface area (Å²) in [4.78, 5) is 22.9. The Labute approximate surface area is 155 Å². The third kappa shape index (κ3) is 6.24. The van der Waals surface area contributed by atoms with Crippen molar-refractivity contribution in [3.8, 4) is 5.75 Å². The summed E-state index contributed by atoms with van der Waals surface area (Å²) < 4.78 is 0. The number of hydrogen-bond acceptors (Lipinski definition) is 3. The summed E-state index contributed by atoms with van der Waals surface area (Å²) in [5, 5.41) is 10.7. The monoisotopic (exact) mass is 368 g/mol. The van der Waals surface area contributed by atoms with Gasteiger partial charge in [-0.05, 0) is 33.9 Å². The van der Waals surface area contributed by atoms with E-state index in [9.17, 15) is 14.7 Å². The standard InChI is InChI=1S/C19H29ClN2O3/c1-18(2,3)13-9-12(10-14(17(13)25)19(4,5)6)7-8-15(23)21-22-16(24)11-20/h9-10,25H,7-8,11H2,1-6H3,(H,21,23)(H,22,24). The Morgan fingerprint density at radius 2 is 1.40 bits per heavy atom. The van der Waals surface area contributed by atoms with Crippen LogP contribution in [0.15, 0.2) is 12.1 Å². The predicted octanol–water partition coefficient (Wildman–Crippen LogP) is 3.31. The van der Waals surface area contributed by atoms with Gasteiger partial charge in [0.05, 0.1) is 0 Å². The summed E-state index contributed by atoms with van der Waals surface area (Å²) in [6.07, 6.45) is 0.732. The Hall–Kier alpha value is -1.75. The normalized spacial score (nSPS) is 12.0. The van der Waals surface area contributed by atoms with Gasteiger partial charge in [-0.1, -0.05) is 53.7 Å². The lowest BCUT2D eigenvalue weighted by atomic mass is 9.78. The quantitative estimate of drug-likeness (QED) is 0.563. The number of alkyl halides is 1. The van der Waals surface area contributed by atoms with Crippen LogP contribution in [0.4, 0.5) is 0 Å². The first kappa shape index (κ1) is 21.3. The van der Waals surface area contributed by atoms with E-state index in [1.165, 1.54) is 0 Å². The van der Waals surface area contributed by atoms with Crippen LogP contribution < -0.4 is 10.9 Å². The minimum Gasteiger partial charge on any atom is -0.507 e. The van der Waals surface area contributed by atoms with E-state index in [4.69, 9.17) is 11.6 Å². The molecular formula is C19H29ClN2O3. The SMILES string of the molecule is CC(C)(C)c1cc(CCC(=O)NNC(=O)CCl)cc(C(C)(C)C)c1O. The number of aryl methyl sites for hydroxylation is 1. The summed E-state index contributed by atoms with van der Waals surface area (Å²) in [7, 11) is 0. The molecule has 0 bridgehead atoms. The number of hydrogen-bond donors (Lipinski definition) is 3. The van der Waals surface area contributed by atoms with Crippen LogP contribution in [-0.2, 0) is 26.8 Å². The molecular weight excluding hydrogens is 340 g/mol. The molecule has 0 atom stereocenters. The highest BCUT2D eigenvalue weighted by molar-refractivity contribution is 6.27. The summed E-state index contributed by atoms with van der Waals surface area (Å²) >= 11 is 5.36. The van der Waals surface area contributed by atoms with Gasteiger partial charge in [0.25, 0.3) is 5.91 Å². The van der Waals surface area contributed by atoms with E-state index in [2.05, 4.69) is 10.9 Å². The molecule has 0 unspecified atom stereocenters. The minimum absolute atomic E-state index is 0.206. The third-order valence-electron chi connectivity index (χ3n) is 3.89. The van der Waals surface area contributed by atoms with Gasteiger partial charge in [-0.25, -0.2) is 0 Å². The maximum absolute atomic E-state index is 11.8. The number of hydrazine groups is 1. The number of aromatic hydroxyl groups is 1. The average Bonchev–Trinajstić information content (AvgIpc) is 2.49. The molecule has 0 aliphatic heterocycles. The second-order valence-corrected chi connectivity index (χ2v) is 8.54. The number of phenolic OH excluding ortho intramolecular Hbond substituents is 1. The highest BCUT2D eigenvalue weighted by Gasteiger charge is 2.26. The van der Waals surface area contributed by atoms with E-state index in [1.54, 1.807) is 0 Å². The predicted molar refractivity (Wildman–Crippen MR) is 101 cm³/mol. The molecule has 25 heavy (non-hydrogen) atoms. The zero-order valence-electron chi connectivity index (χ0n) is 15.9. The van der Waals surface area contributed by atoms with Crippen LogP contribution in [0.2, 0.25) is 0 Å². The van der Waals surface area contributed by atoms with Crippen molar-refractivity contribution in [2.24, 2.45) is 0 Å². The Balaban J connectivity index is 3.00. The van der Waals surface area contributed by atoms with E-state index >= 15 is 0 Å².